The third-order valence-electron chi connectivity index (χ3n) is 4.22. The van der Waals surface area contributed by atoms with Crippen molar-refractivity contribution in [1.82, 2.24) is 4.57 Å². The first-order valence-electron chi connectivity index (χ1n) is 7.53. The SMILES string of the molecule is Cc1ccc(Cc2c(C)n(CCN)c3ccccc23)cc1. The van der Waals surface area contributed by atoms with E-state index >= 15 is 0 Å². The van der Waals surface area contributed by atoms with Crippen molar-refractivity contribution in [1.29, 1.82) is 0 Å². The van der Waals surface area contributed by atoms with Crippen LogP contribution in [0.1, 0.15) is 22.4 Å². The molecular weight excluding hydrogens is 256 g/mol. The Hall–Kier alpha value is -2.06. The monoisotopic (exact) mass is 278 g/mol. The fourth-order valence-electron chi connectivity index (χ4n) is 3.05. The second-order valence-electron chi connectivity index (χ2n) is 5.68. The molecule has 0 aliphatic rings. The average Bonchev–Trinajstić information content (AvgIpc) is 2.76. The molecule has 2 nitrogen and oxygen atoms in total. The first-order valence-corrected chi connectivity index (χ1v) is 7.53. The van der Waals surface area contributed by atoms with E-state index in [9.17, 15) is 0 Å². The highest BCUT2D eigenvalue weighted by molar-refractivity contribution is 5.85. The molecule has 3 aromatic rings. The van der Waals surface area contributed by atoms with E-state index in [1.165, 1.54) is 33.3 Å². The van der Waals surface area contributed by atoms with Gasteiger partial charge in [0.1, 0.15) is 0 Å². The number of para-hydroxylation sites is 1. The molecule has 0 atom stereocenters. The van der Waals surface area contributed by atoms with Crippen LogP contribution >= 0.6 is 0 Å². The van der Waals surface area contributed by atoms with Gasteiger partial charge in [0.2, 0.25) is 0 Å². The molecule has 1 heterocycles. The van der Waals surface area contributed by atoms with E-state index in [4.69, 9.17) is 5.73 Å². The molecule has 0 saturated carbocycles. The van der Waals surface area contributed by atoms with Crippen molar-refractivity contribution in [3.8, 4) is 0 Å². The zero-order valence-electron chi connectivity index (χ0n) is 12.8. The van der Waals surface area contributed by atoms with Gasteiger partial charge in [-0.3, -0.25) is 0 Å². The van der Waals surface area contributed by atoms with Gasteiger partial charge in [0, 0.05) is 29.7 Å². The van der Waals surface area contributed by atoms with Gasteiger partial charge in [-0.2, -0.15) is 0 Å². The van der Waals surface area contributed by atoms with Crippen molar-refractivity contribution in [3.63, 3.8) is 0 Å². The fourth-order valence-corrected chi connectivity index (χ4v) is 3.05. The second-order valence-corrected chi connectivity index (χ2v) is 5.68. The molecule has 0 unspecified atom stereocenters. The van der Waals surface area contributed by atoms with E-state index in [-0.39, 0.29) is 0 Å². The van der Waals surface area contributed by atoms with E-state index in [0.717, 1.165) is 13.0 Å². The maximum atomic E-state index is 5.78. The molecule has 108 valence electrons. The Kier molecular flexibility index (Phi) is 3.80. The lowest BCUT2D eigenvalue weighted by atomic mass is 10.0. The maximum Gasteiger partial charge on any atom is 0.0485 e. The van der Waals surface area contributed by atoms with Crippen molar-refractivity contribution >= 4 is 10.9 Å². The molecule has 2 aromatic carbocycles. The topological polar surface area (TPSA) is 30.9 Å². The number of aromatic nitrogens is 1. The van der Waals surface area contributed by atoms with Crippen LogP contribution in [-0.4, -0.2) is 11.1 Å². The number of nitrogens with zero attached hydrogens (tertiary/aromatic N) is 1. The van der Waals surface area contributed by atoms with Crippen molar-refractivity contribution in [3.05, 3.63) is 70.9 Å². The van der Waals surface area contributed by atoms with Crippen LogP contribution in [0.25, 0.3) is 10.9 Å². The van der Waals surface area contributed by atoms with Gasteiger partial charge < -0.3 is 10.3 Å². The zero-order chi connectivity index (χ0) is 14.8. The van der Waals surface area contributed by atoms with Crippen molar-refractivity contribution in [2.75, 3.05) is 6.54 Å². The number of nitrogens with two attached hydrogens (primary N) is 1. The Morgan fingerprint density at radius 2 is 1.67 bits per heavy atom. The molecular formula is C19H22N2. The highest BCUT2D eigenvalue weighted by Crippen LogP contribution is 2.28. The quantitative estimate of drug-likeness (QED) is 0.773. The van der Waals surface area contributed by atoms with Gasteiger partial charge in [-0.15, -0.1) is 0 Å². The van der Waals surface area contributed by atoms with Crippen LogP contribution in [0.3, 0.4) is 0 Å². The first-order chi connectivity index (χ1) is 10.2. The van der Waals surface area contributed by atoms with Crippen LogP contribution in [-0.2, 0) is 13.0 Å². The Bertz CT molecular complexity index is 751. The van der Waals surface area contributed by atoms with Crippen molar-refractivity contribution in [2.24, 2.45) is 5.73 Å². The van der Waals surface area contributed by atoms with Crippen LogP contribution in [0.5, 0.6) is 0 Å². The van der Waals surface area contributed by atoms with Crippen LogP contribution in [0.2, 0.25) is 0 Å². The summed E-state index contributed by atoms with van der Waals surface area (Å²) < 4.78 is 2.35. The van der Waals surface area contributed by atoms with Gasteiger partial charge in [-0.1, -0.05) is 48.0 Å². The fraction of sp³-hybridized carbons (Fsp3) is 0.263. The Labute approximate surface area is 126 Å². The summed E-state index contributed by atoms with van der Waals surface area (Å²) in [5.74, 6) is 0. The summed E-state index contributed by atoms with van der Waals surface area (Å²) in [5.41, 5.74) is 12.5. The zero-order valence-corrected chi connectivity index (χ0v) is 12.8. The number of aryl methyl sites for hydroxylation is 1. The smallest absolute Gasteiger partial charge is 0.0485 e. The largest absolute Gasteiger partial charge is 0.343 e. The molecule has 21 heavy (non-hydrogen) atoms. The predicted octanol–water partition coefficient (Wildman–Crippen LogP) is 3.81. The highest BCUT2D eigenvalue weighted by Gasteiger charge is 2.13. The Balaban J connectivity index is 2.09. The molecule has 0 bridgehead atoms. The molecule has 0 spiro atoms. The van der Waals surface area contributed by atoms with Gasteiger partial charge in [0.25, 0.3) is 0 Å². The predicted molar refractivity (Wildman–Crippen MR) is 89.7 cm³/mol. The summed E-state index contributed by atoms with van der Waals surface area (Å²) in [6.45, 7) is 5.88. The maximum absolute atomic E-state index is 5.78. The highest BCUT2D eigenvalue weighted by atomic mass is 15.0. The van der Waals surface area contributed by atoms with E-state index in [1.54, 1.807) is 0 Å². The van der Waals surface area contributed by atoms with Crippen LogP contribution in [0.4, 0.5) is 0 Å². The van der Waals surface area contributed by atoms with E-state index < -0.39 is 0 Å². The van der Waals surface area contributed by atoms with Crippen LogP contribution in [0, 0.1) is 13.8 Å². The lowest BCUT2D eigenvalue weighted by Crippen LogP contribution is -2.11. The lowest BCUT2D eigenvalue weighted by molar-refractivity contribution is 0.711. The van der Waals surface area contributed by atoms with E-state index in [1.807, 2.05) is 0 Å². The first kappa shape index (κ1) is 13.9. The van der Waals surface area contributed by atoms with Gasteiger partial charge in [0.05, 0.1) is 0 Å². The second kappa shape index (κ2) is 5.74. The van der Waals surface area contributed by atoms with Gasteiger partial charge in [-0.05, 0) is 37.5 Å². The van der Waals surface area contributed by atoms with Gasteiger partial charge in [-0.25, -0.2) is 0 Å². The van der Waals surface area contributed by atoms with Crippen LogP contribution in [0.15, 0.2) is 48.5 Å². The Morgan fingerprint density at radius 1 is 0.952 bits per heavy atom. The summed E-state index contributed by atoms with van der Waals surface area (Å²) in [6, 6.07) is 17.5. The standard InChI is InChI=1S/C19H22N2/c1-14-7-9-16(10-8-14)13-18-15(2)21(12-11-20)19-6-4-3-5-17(18)19/h3-10H,11-13,20H2,1-2H3. The minimum atomic E-state index is 0.670. The average molecular weight is 278 g/mol. The normalized spacial score (nSPS) is 11.2. The van der Waals surface area contributed by atoms with Gasteiger partial charge in [0.15, 0.2) is 0 Å². The number of hydrogen-bond donors (Lipinski definition) is 1. The third-order valence-corrected chi connectivity index (χ3v) is 4.22. The number of benzene rings is 2. The summed E-state index contributed by atoms with van der Waals surface area (Å²) in [5, 5.41) is 1.35. The van der Waals surface area contributed by atoms with Crippen molar-refractivity contribution in [2.45, 2.75) is 26.8 Å². The number of fused-ring (bicyclic) bond motifs is 1. The van der Waals surface area contributed by atoms with E-state index in [0.29, 0.717) is 6.54 Å². The number of rotatable bonds is 4. The van der Waals surface area contributed by atoms with E-state index in [2.05, 4.69) is 66.9 Å². The summed E-state index contributed by atoms with van der Waals surface area (Å²) in [6.07, 6.45) is 0.976. The molecule has 0 fully saturated rings. The molecule has 2 heteroatoms. The molecule has 0 aliphatic heterocycles. The molecule has 0 amide bonds. The Morgan fingerprint density at radius 3 is 2.38 bits per heavy atom. The molecule has 1 aromatic heterocycles. The minimum absolute atomic E-state index is 0.670. The summed E-state index contributed by atoms with van der Waals surface area (Å²) >= 11 is 0. The molecule has 3 rings (SSSR count). The molecule has 0 radical (unpaired) electrons. The van der Waals surface area contributed by atoms with Gasteiger partial charge >= 0.3 is 0 Å². The molecule has 0 aliphatic carbocycles. The van der Waals surface area contributed by atoms with Crippen LogP contribution < -0.4 is 5.73 Å². The number of hydrogen-bond acceptors (Lipinski definition) is 1. The lowest BCUT2D eigenvalue weighted by Gasteiger charge is -2.07. The minimum Gasteiger partial charge on any atom is -0.343 e. The van der Waals surface area contributed by atoms with Crippen molar-refractivity contribution < 1.29 is 0 Å². The molecule has 2 N–H and O–H groups in total. The third kappa shape index (κ3) is 2.59. The molecule has 0 saturated heterocycles. The summed E-state index contributed by atoms with van der Waals surface area (Å²) in [4.78, 5) is 0. The summed E-state index contributed by atoms with van der Waals surface area (Å²) in [7, 11) is 0.